The molecule has 0 saturated heterocycles. The predicted octanol–water partition coefficient (Wildman–Crippen LogP) is 3.38. The first-order chi connectivity index (χ1) is 8.87. The van der Waals surface area contributed by atoms with Gasteiger partial charge in [0, 0.05) is 31.4 Å². The van der Waals surface area contributed by atoms with Gasteiger partial charge in [0.05, 0.1) is 0 Å². The molecule has 2 rings (SSSR count). The number of nitrogens with one attached hydrogen (secondary N) is 1. The van der Waals surface area contributed by atoms with Gasteiger partial charge in [-0.15, -0.1) is 0 Å². The Morgan fingerprint density at radius 1 is 1.37 bits per heavy atom. The van der Waals surface area contributed by atoms with Gasteiger partial charge in [-0.2, -0.15) is 0 Å². The van der Waals surface area contributed by atoms with Gasteiger partial charge in [0.25, 0.3) is 5.91 Å². The lowest BCUT2D eigenvalue weighted by molar-refractivity contribution is 0.0827. The Kier molecular flexibility index (Phi) is 3.83. The van der Waals surface area contributed by atoms with Crippen molar-refractivity contribution in [1.82, 2.24) is 4.90 Å². The number of amides is 1. The molecule has 1 aliphatic rings. The van der Waals surface area contributed by atoms with Gasteiger partial charge in [-0.25, -0.2) is 0 Å². The molecule has 0 aliphatic heterocycles. The maximum Gasteiger partial charge on any atom is 0.253 e. The van der Waals surface area contributed by atoms with Crippen molar-refractivity contribution in [3.05, 3.63) is 29.8 Å². The number of benzene rings is 1. The number of rotatable bonds is 3. The van der Waals surface area contributed by atoms with E-state index in [1.54, 1.807) is 19.0 Å². The third-order valence-corrected chi connectivity index (χ3v) is 3.86. The summed E-state index contributed by atoms with van der Waals surface area (Å²) in [5.41, 5.74) is 2.23. The molecule has 1 unspecified atom stereocenters. The van der Waals surface area contributed by atoms with Crippen LogP contribution in [0.25, 0.3) is 0 Å². The molecule has 1 fully saturated rings. The number of carbonyl (C=O) groups is 1. The quantitative estimate of drug-likeness (QED) is 0.903. The second kappa shape index (κ2) is 5.24. The average molecular weight is 260 g/mol. The van der Waals surface area contributed by atoms with Crippen LogP contribution < -0.4 is 5.32 Å². The van der Waals surface area contributed by atoms with Gasteiger partial charge in [-0.1, -0.05) is 19.9 Å². The predicted molar refractivity (Wildman–Crippen MR) is 79.5 cm³/mol. The first kappa shape index (κ1) is 13.9. The Morgan fingerprint density at radius 2 is 2.11 bits per heavy atom. The SMILES string of the molecule is CN(C)C(=O)c1cccc(NC2CCC(C)(C)C2)c1. The van der Waals surface area contributed by atoms with Gasteiger partial charge in [0.1, 0.15) is 0 Å². The van der Waals surface area contributed by atoms with Crippen LogP contribution in [-0.2, 0) is 0 Å². The first-order valence-electron chi connectivity index (χ1n) is 6.96. The van der Waals surface area contributed by atoms with Gasteiger partial charge in [0.2, 0.25) is 0 Å². The van der Waals surface area contributed by atoms with Crippen LogP contribution in [0.3, 0.4) is 0 Å². The Hall–Kier alpha value is -1.51. The lowest BCUT2D eigenvalue weighted by Crippen LogP contribution is -2.22. The zero-order chi connectivity index (χ0) is 14.0. The van der Waals surface area contributed by atoms with Crippen LogP contribution in [0.5, 0.6) is 0 Å². The van der Waals surface area contributed by atoms with E-state index in [1.807, 2.05) is 24.3 Å². The molecular weight excluding hydrogens is 236 g/mol. The Labute approximate surface area is 116 Å². The molecule has 0 bridgehead atoms. The minimum atomic E-state index is 0.0513. The summed E-state index contributed by atoms with van der Waals surface area (Å²) in [6, 6.07) is 8.33. The van der Waals surface area contributed by atoms with Crippen LogP contribution in [0.4, 0.5) is 5.69 Å². The molecule has 1 N–H and O–H groups in total. The van der Waals surface area contributed by atoms with Crippen molar-refractivity contribution in [1.29, 1.82) is 0 Å². The minimum absolute atomic E-state index is 0.0513. The summed E-state index contributed by atoms with van der Waals surface area (Å²) in [6.45, 7) is 4.64. The smallest absolute Gasteiger partial charge is 0.253 e. The summed E-state index contributed by atoms with van der Waals surface area (Å²) in [6.07, 6.45) is 3.67. The molecule has 0 aromatic heterocycles. The fourth-order valence-electron chi connectivity index (χ4n) is 2.80. The van der Waals surface area contributed by atoms with Crippen LogP contribution in [0.15, 0.2) is 24.3 Å². The van der Waals surface area contributed by atoms with Crippen LogP contribution in [0.2, 0.25) is 0 Å². The highest BCUT2D eigenvalue weighted by atomic mass is 16.2. The van der Waals surface area contributed by atoms with E-state index in [0.29, 0.717) is 11.5 Å². The maximum atomic E-state index is 11.9. The number of carbonyl (C=O) groups excluding carboxylic acids is 1. The molecule has 19 heavy (non-hydrogen) atoms. The van der Waals surface area contributed by atoms with Crippen LogP contribution in [-0.4, -0.2) is 30.9 Å². The maximum absolute atomic E-state index is 11.9. The van der Waals surface area contributed by atoms with Gasteiger partial charge in [0.15, 0.2) is 0 Å². The molecule has 3 nitrogen and oxygen atoms in total. The summed E-state index contributed by atoms with van der Waals surface area (Å²) in [4.78, 5) is 13.5. The van der Waals surface area contributed by atoms with Crippen LogP contribution in [0.1, 0.15) is 43.5 Å². The van der Waals surface area contributed by atoms with Crippen LogP contribution in [0, 0.1) is 5.41 Å². The largest absolute Gasteiger partial charge is 0.382 e. The summed E-state index contributed by atoms with van der Waals surface area (Å²) in [5.74, 6) is 0.0513. The topological polar surface area (TPSA) is 32.3 Å². The summed E-state index contributed by atoms with van der Waals surface area (Å²) >= 11 is 0. The lowest BCUT2D eigenvalue weighted by atomic mass is 9.92. The summed E-state index contributed by atoms with van der Waals surface area (Å²) in [5, 5.41) is 3.56. The molecule has 0 heterocycles. The first-order valence-corrected chi connectivity index (χ1v) is 6.96. The lowest BCUT2D eigenvalue weighted by Gasteiger charge is -2.19. The molecule has 0 radical (unpaired) electrons. The molecular formula is C16H24N2O. The number of hydrogen-bond donors (Lipinski definition) is 1. The average Bonchev–Trinajstić information content (AvgIpc) is 2.68. The zero-order valence-corrected chi connectivity index (χ0v) is 12.4. The molecule has 1 aromatic rings. The second-order valence-corrected chi connectivity index (χ2v) is 6.53. The van der Waals surface area contributed by atoms with Crippen molar-refractivity contribution in [3.8, 4) is 0 Å². The van der Waals surface area contributed by atoms with E-state index < -0.39 is 0 Å². The Bertz CT molecular complexity index is 466. The fraction of sp³-hybridized carbons (Fsp3) is 0.562. The standard InChI is InChI=1S/C16H24N2O/c1-16(2)9-8-14(11-16)17-13-7-5-6-12(10-13)15(19)18(3)4/h5-7,10,14,17H,8-9,11H2,1-4H3. The Balaban J connectivity index is 2.06. The molecule has 1 aromatic carbocycles. The van der Waals surface area contributed by atoms with Gasteiger partial charge in [-0.05, 0) is 42.9 Å². The highest BCUT2D eigenvalue weighted by Gasteiger charge is 2.30. The van der Waals surface area contributed by atoms with Crippen molar-refractivity contribution in [3.63, 3.8) is 0 Å². The third-order valence-electron chi connectivity index (χ3n) is 3.86. The third kappa shape index (κ3) is 3.49. The number of anilines is 1. The molecule has 0 spiro atoms. The molecule has 1 saturated carbocycles. The van der Waals surface area contributed by atoms with E-state index in [9.17, 15) is 4.79 Å². The van der Waals surface area contributed by atoms with Crippen molar-refractivity contribution in [2.24, 2.45) is 5.41 Å². The second-order valence-electron chi connectivity index (χ2n) is 6.53. The van der Waals surface area contributed by atoms with E-state index in [0.717, 1.165) is 11.3 Å². The van der Waals surface area contributed by atoms with Crippen molar-refractivity contribution in [2.45, 2.75) is 39.2 Å². The van der Waals surface area contributed by atoms with E-state index >= 15 is 0 Å². The molecule has 3 heteroatoms. The van der Waals surface area contributed by atoms with E-state index in [1.165, 1.54) is 19.3 Å². The van der Waals surface area contributed by atoms with Crippen LogP contribution >= 0.6 is 0 Å². The number of hydrogen-bond acceptors (Lipinski definition) is 2. The van der Waals surface area contributed by atoms with Gasteiger partial charge >= 0.3 is 0 Å². The molecule has 1 aliphatic carbocycles. The van der Waals surface area contributed by atoms with Crippen molar-refractivity contribution < 1.29 is 4.79 Å². The Morgan fingerprint density at radius 3 is 2.68 bits per heavy atom. The van der Waals surface area contributed by atoms with E-state index in [4.69, 9.17) is 0 Å². The van der Waals surface area contributed by atoms with Gasteiger partial charge < -0.3 is 10.2 Å². The molecule has 104 valence electrons. The monoisotopic (exact) mass is 260 g/mol. The van der Waals surface area contributed by atoms with Gasteiger partial charge in [-0.3, -0.25) is 4.79 Å². The number of nitrogens with zero attached hydrogens (tertiary/aromatic N) is 1. The summed E-state index contributed by atoms with van der Waals surface area (Å²) in [7, 11) is 3.56. The molecule has 1 amide bonds. The highest BCUT2D eigenvalue weighted by molar-refractivity contribution is 5.94. The fourth-order valence-corrected chi connectivity index (χ4v) is 2.80. The summed E-state index contributed by atoms with van der Waals surface area (Å²) < 4.78 is 0. The molecule has 1 atom stereocenters. The normalized spacial score (nSPS) is 21.2. The minimum Gasteiger partial charge on any atom is -0.382 e. The van der Waals surface area contributed by atoms with Crippen molar-refractivity contribution >= 4 is 11.6 Å². The zero-order valence-electron chi connectivity index (χ0n) is 12.4. The van der Waals surface area contributed by atoms with Crippen molar-refractivity contribution in [2.75, 3.05) is 19.4 Å². The highest BCUT2D eigenvalue weighted by Crippen LogP contribution is 2.38. The van der Waals surface area contributed by atoms with E-state index in [-0.39, 0.29) is 5.91 Å². The van der Waals surface area contributed by atoms with E-state index in [2.05, 4.69) is 19.2 Å².